The molecular weight excluding hydrogens is 407 g/mol. The van der Waals surface area contributed by atoms with Crippen molar-refractivity contribution in [3.05, 3.63) is 42.5 Å². The maximum Gasteiger partial charge on any atom is 0.324 e. The summed E-state index contributed by atoms with van der Waals surface area (Å²) in [6, 6.07) is 11.8. The predicted octanol–water partition coefficient (Wildman–Crippen LogP) is 4.52. The smallest absolute Gasteiger partial charge is 0.324 e. The summed E-state index contributed by atoms with van der Waals surface area (Å²) in [5.74, 6) is 0.195. The first kappa shape index (κ1) is 15.9. The number of carbonyl (C=O) groups excluding carboxylic acids is 1. The Morgan fingerprint density at radius 2 is 1.74 bits per heavy atom. The zero-order valence-electron chi connectivity index (χ0n) is 12.4. The first-order chi connectivity index (χ1) is 11.0. The van der Waals surface area contributed by atoms with E-state index in [2.05, 4.69) is 22.6 Å². The molecule has 0 saturated heterocycles. The van der Waals surface area contributed by atoms with Crippen LogP contribution >= 0.6 is 22.6 Å². The van der Waals surface area contributed by atoms with Crippen molar-refractivity contribution < 1.29 is 19.7 Å². The number of rotatable bonds is 3. The number of ether oxygens (including phenoxy) is 1. The molecule has 4 nitrogen and oxygen atoms in total. The number of phenolic OH excluding ortho intramolecular Hbond substituents is 2. The van der Waals surface area contributed by atoms with Crippen molar-refractivity contribution in [2.45, 2.75) is 17.3 Å². The Morgan fingerprint density at radius 3 is 2.43 bits per heavy atom. The van der Waals surface area contributed by atoms with Gasteiger partial charge in [-0.2, -0.15) is 0 Å². The van der Waals surface area contributed by atoms with E-state index in [1.807, 2.05) is 13.0 Å². The molecule has 0 heterocycles. The molecule has 1 atom stereocenters. The first-order valence-electron chi connectivity index (χ1n) is 7.25. The van der Waals surface area contributed by atoms with Crippen LogP contribution in [0.1, 0.15) is 13.3 Å². The lowest BCUT2D eigenvalue weighted by atomic mass is 10.0. The van der Waals surface area contributed by atoms with Crippen LogP contribution in [0, 0.1) is 0 Å². The number of carbonyl (C=O) groups is 1. The fourth-order valence-corrected chi connectivity index (χ4v) is 2.67. The van der Waals surface area contributed by atoms with Crippen LogP contribution in [0.2, 0.25) is 0 Å². The Labute approximate surface area is 146 Å². The van der Waals surface area contributed by atoms with Gasteiger partial charge in [-0.3, -0.25) is 4.79 Å². The summed E-state index contributed by atoms with van der Waals surface area (Å²) < 4.78 is 5.41. The number of hydrogen-bond acceptors (Lipinski definition) is 4. The largest absolute Gasteiger partial charge is 0.508 e. The van der Waals surface area contributed by atoms with Crippen LogP contribution in [0.4, 0.5) is 0 Å². The van der Waals surface area contributed by atoms with Crippen molar-refractivity contribution in [2.75, 3.05) is 0 Å². The molecule has 0 aromatic heterocycles. The van der Waals surface area contributed by atoms with Gasteiger partial charge in [-0.1, -0.05) is 53.8 Å². The van der Waals surface area contributed by atoms with Crippen LogP contribution in [0.15, 0.2) is 42.5 Å². The van der Waals surface area contributed by atoms with Gasteiger partial charge in [0.25, 0.3) is 0 Å². The van der Waals surface area contributed by atoms with Gasteiger partial charge in [0.05, 0.1) is 0 Å². The van der Waals surface area contributed by atoms with E-state index in [4.69, 9.17) is 4.74 Å². The molecule has 0 saturated carbocycles. The Morgan fingerprint density at radius 1 is 1.09 bits per heavy atom. The fourth-order valence-electron chi connectivity index (χ4n) is 2.55. The Bertz CT molecular complexity index is 904. The van der Waals surface area contributed by atoms with Gasteiger partial charge in [-0.15, -0.1) is 0 Å². The molecule has 0 bridgehead atoms. The van der Waals surface area contributed by atoms with E-state index in [1.165, 1.54) is 12.1 Å². The summed E-state index contributed by atoms with van der Waals surface area (Å²) in [6.07, 6.45) is 0.675. The zero-order valence-corrected chi connectivity index (χ0v) is 14.6. The minimum absolute atomic E-state index is 0.0423. The lowest BCUT2D eigenvalue weighted by Crippen LogP contribution is -2.19. The van der Waals surface area contributed by atoms with Crippen LogP contribution in [-0.2, 0) is 4.79 Å². The number of fused-ring (bicyclic) bond motifs is 2. The normalized spacial score (nSPS) is 12.4. The van der Waals surface area contributed by atoms with Crippen molar-refractivity contribution in [3.8, 4) is 17.2 Å². The molecule has 0 amide bonds. The second kappa shape index (κ2) is 6.23. The van der Waals surface area contributed by atoms with Crippen molar-refractivity contribution in [1.82, 2.24) is 0 Å². The highest BCUT2D eigenvalue weighted by Crippen LogP contribution is 2.43. The molecule has 0 spiro atoms. The number of alkyl halides is 1. The highest BCUT2D eigenvalue weighted by Gasteiger charge is 2.20. The third kappa shape index (κ3) is 2.81. The predicted molar refractivity (Wildman–Crippen MR) is 98.5 cm³/mol. The van der Waals surface area contributed by atoms with Crippen LogP contribution in [-0.4, -0.2) is 20.1 Å². The fraction of sp³-hybridized carbons (Fsp3) is 0.167. The average Bonchev–Trinajstić information content (AvgIpc) is 2.57. The molecule has 0 aliphatic rings. The van der Waals surface area contributed by atoms with E-state index in [-0.39, 0.29) is 21.4 Å². The van der Waals surface area contributed by atoms with Gasteiger partial charge in [0.15, 0.2) is 0 Å². The van der Waals surface area contributed by atoms with E-state index in [9.17, 15) is 15.0 Å². The highest BCUT2D eigenvalue weighted by molar-refractivity contribution is 14.1. The van der Waals surface area contributed by atoms with Crippen molar-refractivity contribution >= 4 is 50.1 Å². The third-order valence-corrected chi connectivity index (χ3v) is 5.14. The zero-order chi connectivity index (χ0) is 16.6. The van der Waals surface area contributed by atoms with Gasteiger partial charge in [-0.05, 0) is 24.6 Å². The Hall–Kier alpha value is -2.02. The Balaban J connectivity index is 2.32. The molecule has 1 unspecified atom stereocenters. The van der Waals surface area contributed by atoms with Gasteiger partial charge in [0.2, 0.25) is 0 Å². The second-order valence-corrected chi connectivity index (χ2v) is 6.75. The van der Waals surface area contributed by atoms with Crippen LogP contribution in [0.5, 0.6) is 17.2 Å². The van der Waals surface area contributed by atoms with E-state index in [0.29, 0.717) is 33.7 Å². The van der Waals surface area contributed by atoms with Gasteiger partial charge in [0, 0.05) is 21.5 Å². The molecule has 3 aromatic carbocycles. The quantitative estimate of drug-likeness (QED) is 0.214. The average molecular weight is 422 g/mol. The van der Waals surface area contributed by atoms with Crippen molar-refractivity contribution in [3.63, 3.8) is 0 Å². The van der Waals surface area contributed by atoms with Crippen LogP contribution < -0.4 is 4.74 Å². The molecule has 118 valence electrons. The summed E-state index contributed by atoms with van der Waals surface area (Å²) >= 11 is 2.05. The summed E-state index contributed by atoms with van der Waals surface area (Å²) in [7, 11) is 0. The van der Waals surface area contributed by atoms with Crippen molar-refractivity contribution in [1.29, 1.82) is 0 Å². The molecule has 5 heteroatoms. The SMILES string of the molecule is CCC(I)C(=O)Oc1c2ccccc2c(O)c2cc(O)ccc12. The summed E-state index contributed by atoms with van der Waals surface area (Å²) in [5, 5.41) is 22.5. The molecule has 0 aliphatic carbocycles. The van der Waals surface area contributed by atoms with Gasteiger partial charge in [-0.25, -0.2) is 0 Å². The lowest BCUT2D eigenvalue weighted by molar-refractivity contribution is -0.133. The molecule has 2 N–H and O–H groups in total. The van der Waals surface area contributed by atoms with Crippen molar-refractivity contribution in [2.24, 2.45) is 0 Å². The van der Waals surface area contributed by atoms with E-state index in [0.717, 1.165) is 0 Å². The second-order valence-electron chi connectivity index (χ2n) is 5.25. The summed E-state index contributed by atoms with van der Waals surface area (Å²) in [4.78, 5) is 12.2. The molecule has 0 aliphatic heterocycles. The van der Waals surface area contributed by atoms with E-state index >= 15 is 0 Å². The first-order valence-corrected chi connectivity index (χ1v) is 8.49. The number of benzene rings is 3. The molecule has 0 radical (unpaired) electrons. The molecule has 0 fully saturated rings. The monoisotopic (exact) mass is 422 g/mol. The number of phenols is 2. The van der Waals surface area contributed by atoms with Crippen LogP contribution in [0.3, 0.4) is 0 Å². The lowest BCUT2D eigenvalue weighted by Gasteiger charge is -2.15. The minimum atomic E-state index is -0.321. The maximum absolute atomic E-state index is 12.2. The van der Waals surface area contributed by atoms with Gasteiger partial charge >= 0.3 is 5.97 Å². The highest BCUT2D eigenvalue weighted by atomic mass is 127. The molecule has 3 aromatic rings. The van der Waals surface area contributed by atoms with Crippen LogP contribution in [0.25, 0.3) is 21.5 Å². The number of esters is 1. The number of hydrogen-bond donors (Lipinski definition) is 2. The molecular formula is C18H15IO4. The van der Waals surface area contributed by atoms with Gasteiger partial charge in [0.1, 0.15) is 21.2 Å². The topological polar surface area (TPSA) is 66.8 Å². The number of aromatic hydroxyl groups is 2. The van der Waals surface area contributed by atoms with E-state index in [1.54, 1.807) is 24.3 Å². The summed E-state index contributed by atoms with van der Waals surface area (Å²) in [6.45, 7) is 1.92. The Kier molecular flexibility index (Phi) is 4.30. The minimum Gasteiger partial charge on any atom is -0.508 e. The molecule has 3 rings (SSSR count). The maximum atomic E-state index is 12.2. The third-order valence-electron chi connectivity index (χ3n) is 3.75. The molecule has 23 heavy (non-hydrogen) atoms. The summed E-state index contributed by atoms with van der Waals surface area (Å²) in [5.41, 5.74) is 0. The van der Waals surface area contributed by atoms with Gasteiger partial charge < -0.3 is 14.9 Å². The standard InChI is InChI=1S/C18H15IO4/c1-2-15(19)18(22)23-17-12-6-4-3-5-11(12)16(21)14-9-10(20)7-8-13(14)17/h3-9,15,20-21H,2H2,1H3. The number of halogens is 1. The van der Waals surface area contributed by atoms with E-state index < -0.39 is 0 Å².